The number of Topliss-reactive ketones (excluding diaryl/α,β-unsaturated/α-hetero) is 1. The summed E-state index contributed by atoms with van der Waals surface area (Å²) in [6.07, 6.45) is 1.01. The Morgan fingerprint density at radius 3 is 2.51 bits per heavy atom. The molecule has 2 atom stereocenters. The summed E-state index contributed by atoms with van der Waals surface area (Å²) >= 11 is 0. The van der Waals surface area contributed by atoms with Gasteiger partial charge in [0.2, 0.25) is 0 Å². The van der Waals surface area contributed by atoms with Gasteiger partial charge < -0.3 is 19.2 Å². The SMILES string of the molecule is CCOCCCOC(=O)c1cc2cc(CC(=O)[C@@H]3[C@H](c4ccccc4)CCN3C(=O)OC(C)(C)C)ccc2[nH]1. The molecular weight excluding hydrogens is 496 g/mol. The topological polar surface area (TPSA) is 97.9 Å². The van der Waals surface area contributed by atoms with Crippen molar-refractivity contribution in [1.82, 2.24) is 9.88 Å². The van der Waals surface area contributed by atoms with E-state index in [0.717, 1.165) is 22.0 Å². The van der Waals surface area contributed by atoms with Crippen LogP contribution in [-0.4, -0.2) is 65.7 Å². The van der Waals surface area contributed by atoms with Crippen LogP contribution in [0.3, 0.4) is 0 Å². The Balaban J connectivity index is 1.50. The van der Waals surface area contributed by atoms with E-state index < -0.39 is 23.7 Å². The summed E-state index contributed by atoms with van der Waals surface area (Å²) in [5.74, 6) is -0.577. The molecule has 3 aromatic rings. The highest BCUT2D eigenvalue weighted by atomic mass is 16.6. The zero-order valence-electron chi connectivity index (χ0n) is 23.2. The van der Waals surface area contributed by atoms with Crippen LogP contribution in [0.4, 0.5) is 4.79 Å². The monoisotopic (exact) mass is 534 g/mol. The molecule has 8 nitrogen and oxygen atoms in total. The standard InChI is InChI=1S/C31H38N2O6/c1-5-37-16-9-17-38-29(35)26-20-23-18-21(12-13-25(23)32-26)19-27(34)28-24(22-10-7-6-8-11-22)14-15-33(28)30(36)39-31(2,3)4/h6-8,10-13,18,20,24,28,32H,5,9,14-17,19H2,1-4H3/t24-,28-/m0/s1. The second-order valence-corrected chi connectivity index (χ2v) is 10.9. The summed E-state index contributed by atoms with van der Waals surface area (Å²) in [5, 5.41) is 0.816. The summed E-state index contributed by atoms with van der Waals surface area (Å²) < 4.78 is 16.2. The van der Waals surface area contributed by atoms with Crippen LogP contribution in [0, 0.1) is 0 Å². The molecule has 1 aromatic heterocycles. The molecule has 1 aliphatic heterocycles. The second-order valence-electron chi connectivity index (χ2n) is 10.9. The summed E-state index contributed by atoms with van der Waals surface area (Å²) in [5.41, 5.74) is 2.34. The molecule has 1 fully saturated rings. The fraction of sp³-hybridized carbons (Fsp3) is 0.452. The van der Waals surface area contributed by atoms with Crippen LogP contribution >= 0.6 is 0 Å². The summed E-state index contributed by atoms with van der Waals surface area (Å²) in [6, 6.07) is 16.6. The van der Waals surface area contributed by atoms with E-state index in [4.69, 9.17) is 14.2 Å². The first-order chi connectivity index (χ1) is 18.7. The minimum atomic E-state index is -0.656. The van der Waals surface area contributed by atoms with Crippen molar-refractivity contribution in [2.75, 3.05) is 26.4 Å². The van der Waals surface area contributed by atoms with Crippen molar-refractivity contribution < 1.29 is 28.6 Å². The zero-order valence-corrected chi connectivity index (χ0v) is 23.2. The van der Waals surface area contributed by atoms with Gasteiger partial charge in [-0.25, -0.2) is 9.59 Å². The lowest BCUT2D eigenvalue weighted by Gasteiger charge is -2.30. The number of ether oxygens (including phenoxy) is 3. The van der Waals surface area contributed by atoms with Crippen LogP contribution in [0.1, 0.15) is 68.1 Å². The van der Waals surface area contributed by atoms with Gasteiger partial charge in [-0.05, 0) is 63.4 Å². The van der Waals surface area contributed by atoms with Gasteiger partial charge in [0.05, 0.1) is 6.61 Å². The van der Waals surface area contributed by atoms with Crippen LogP contribution in [0.5, 0.6) is 0 Å². The maximum atomic E-state index is 13.8. The molecule has 1 N–H and O–H groups in total. The van der Waals surface area contributed by atoms with Crippen molar-refractivity contribution in [3.05, 3.63) is 71.4 Å². The molecule has 2 aromatic carbocycles. The molecule has 1 saturated heterocycles. The van der Waals surface area contributed by atoms with Gasteiger partial charge in [0, 0.05) is 49.4 Å². The smallest absolute Gasteiger partial charge is 0.410 e. The van der Waals surface area contributed by atoms with E-state index in [1.165, 1.54) is 0 Å². The predicted molar refractivity (Wildman–Crippen MR) is 149 cm³/mol. The number of esters is 1. The van der Waals surface area contributed by atoms with E-state index in [9.17, 15) is 14.4 Å². The van der Waals surface area contributed by atoms with Gasteiger partial charge in [-0.15, -0.1) is 0 Å². The number of carbonyl (C=O) groups is 3. The van der Waals surface area contributed by atoms with Crippen LogP contribution in [0.15, 0.2) is 54.6 Å². The van der Waals surface area contributed by atoms with Crippen molar-refractivity contribution in [3.8, 4) is 0 Å². The molecule has 0 spiro atoms. The highest BCUT2D eigenvalue weighted by Crippen LogP contribution is 2.36. The van der Waals surface area contributed by atoms with Crippen molar-refractivity contribution in [3.63, 3.8) is 0 Å². The van der Waals surface area contributed by atoms with Crippen molar-refractivity contribution in [2.45, 2.75) is 64.5 Å². The van der Waals surface area contributed by atoms with Gasteiger partial charge in [0.1, 0.15) is 17.3 Å². The van der Waals surface area contributed by atoms with Crippen molar-refractivity contribution >= 4 is 28.7 Å². The van der Waals surface area contributed by atoms with Gasteiger partial charge in [-0.1, -0.05) is 36.4 Å². The molecule has 0 radical (unpaired) electrons. The number of nitrogens with one attached hydrogen (secondary N) is 1. The third-order valence-corrected chi connectivity index (χ3v) is 6.74. The number of aromatic nitrogens is 1. The van der Waals surface area contributed by atoms with E-state index in [1.54, 1.807) is 11.0 Å². The van der Waals surface area contributed by atoms with Crippen molar-refractivity contribution in [2.24, 2.45) is 0 Å². The summed E-state index contributed by atoms with van der Waals surface area (Å²) in [7, 11) is 0. The number of hydrogen-bond donors (Lipinski definition) is 1. The Bertz CT molecular complexity index is 1290. The Morgan fingerprint density at radius 1 is 1.03 bits per heavy atom. The number of carbonyl (C=O) groups excluding carboxylic acids is 3. The number of nitrogens with zero attached hydrogens (tertiary/aromatic N) is 1. The van der Waals surface area contributed by atoms with Crippen molar-refractivity contribution in [1.29, 1.82) is 0 Å². The number of likely N-dealkylation sites (tertiary alicyclic amines) is 1. The Labute approximate surface area is 229 Å². The van der Waals surface area contributed by atoms with Crippen LogP contribution < -0.4 is 0 Å². The lowest BCUT2D eigenvalue weighted by Crippen LogP contribution is -2.45. The van der Waals surface area contributed by atoms with E-state index in [1.807, 2.05) is 76.2 Å². The number of hydrogen-bond acceptors (Lipinski definition) is 6. The molecule has 1 aliphatic rings. The highest BCUT2D eigenvalue weighted by Gasteiger charge is 2.43. The predicted octanol–water partition coefficient (Wildman–Crippen LogP) is 5.66. The molecule has 4 rings (SSSR count). The lowest BCUT2D eigenvalue weighted by atomic mass is 9.87. The first-order valence-corrected chi connectivity index (χ1v) is 13.6. The number of rotatable bonds is 10. The molecule has 39 heavy (non-hydrogen) atoms. The molecule has 0 bridgehead atoms. The highest BCUT2D eigenvalue weighted by molar-refractivity contribution is 5.96. The Morgan fingerprint density at radius 2 is 1.79 bits per heavy atom. The normalized spacial score (nSPS) is 17.4. The summed E-state index contributed by atoms with van der Waals surface area (Å²) in [4.78, 5) is 44.0. The first kappa shape index (κ1) is 28.4. The lowest BCUT2D eigenvalue weighted by molar-refractivity contribution is -0.123. The molecule has 0 aliphatic carbocycles. The maximum absolute atomic E-state index is 13.8. The van der Waals surface area contributed by atoms with E-state index in [0.29, 0.717) is 38.3 Å². The Hall–Kier alpha value is -3.65. The third-order valence-electron chi connectivity index (χ3n) is 6.74. The fourth-order valence-corrected chi connectivity index (χ4v) is 5.02. The average Bonchev–Trinajstić information content (AvgIpc) is 3.53. The Kier molecular flexibility index (Phi) is 9.07. The average molecular weight is 535 g/mol. The largest absolute Gasteiger partial charge is 0.461 e. The van der Waals surface area contributed by atoms with Gasteiger partial charge >= 0.3 is 12.1 Å². The molecule has 8 heteroatoms. The molecule has 0 unspecified atom stereocenters. The minimum Gasteiger partial charge on any atom is -0.461 e. The van der Waals surface area contributed by atoms with E-state index in [2.05, 4.69) is 4.98 Å². The van der Waals surface area contributed by atoms with Crippen LogP contribution in [-0.2, 0) is 25.4 Å². The van der Waals surface area contributed by atoms with E-state index in [-0.39, 0.29) is 24.7 Å². The number of aromatic amines is 1. The molecule has 208 valence electrons. The second kappa shape index (κ2) is 12.5. The maximum Gasteiger partial charge on any atom is 0.410 e. The zero-order chi connectivity index (χ0) is 28.0. The van der Waals surface area contributed by atoms with E-state index >= 15 is 0 Å². The molecule has 0 saturated carbocycles. The molecule has 1 amide bonds. The third kappa shape index (κ3) is 7.26. The number of amides is 1. The number of ketones is 1. The fourth-order valence-electron chi connectivity index (χ4n) is 5.02. The summed E-state index contributed by atoms with van der Waals surface area (Å²) in [6.45, 7) is 9.31. The number of benzene rings is 2. The number of H-pyrrole nitrogens is 1. The quantitative estimate of drug-likeness (QED) is 0.266. The minimum absolute atomic E-state index is 0.0453. The van der Waals surface area contributed by atoms with Gasteiger partial charge in [0.15, 0.2) is 5.78 Å². The van der Waals surface area contributed by atoms with Crippen LogP contribution in [0.2, 0.25) is 0 Å². The van der Waals surface area contributed by atoms with Gasteiger partial charge in [-0.3, -0.25) is 9.69 Å². The van der Waals surface area contributed by atoms with Crippen LogP contribution in [0.25, 0.3) is 10.9 Å². The molecular formula is C31H38N2O6. The molecule has 2 heterocycles. The first-order valence-electron chi connectivity index (χ1n) is 13.6. The number of fused-ring (bicyclic) bond motifs is 1. The van der Waals surface area contributed by atoms with Gasteiger partial charge in [0.25, 0.3) is 0 Å². The van der Waals surface area contributed by atoms with Gasteiger partial charge in [-0.2, -0.15) is 0 Å².